The Bertz CT molecular complexity index is 585. The van der Waals surface area contributed by atoms with Crippen LogP contribution in [0.2, 0.25) is 0 Å². The van der Waals surface area contributed by atoms with Crippen LogP contribution >= 0.6 is 15.9 Å². The highest BCUT2D eigenvalue weighted by molar-refractivity contribution is 9.10. The van der Waals surface area contributed by atoms with E-state index in [9.17, 15) is 0 Å². The lowest BCUT2D eigenvalue weighted by Crippen LogP contribution is -2.32. The second-order valence-corrected chi connectivity index (χ2v) is 5.81. The largest absolute Gasteiger partial charge is 0.271 e. The maximum atomic E-state index is 5.80. The van der Waals surface area contributed by atoms with Gasteiger partial charge in [0.25, 0.3) is 0 Å². The normalized spacial score (nSPS) is 19.2. The molecule has 1 aliphatic rings. The summed E-state index contributed by atoms with van der Waals surface area (Å²) in [7, 11) is 0. The number of halogens is 1. The fourth-order valence-corrected chi connectivity index (χ4v) is 3.33. The fourth-order valence-electron chi connectivity index (χ4n) is 2.91. The van der Waals surface area contributed by atoms with Crippen molar-refractivity contribution in [2.45, 2.75) is 24.8 Å². The molecule has 4 heteroatoms. The smallest absolute Gasteiger partial charge is 0.0544 e. The maximum absolute atomic E-state index is 5.80. The number of nitrogens with two attached hydrogens (primary N) is 1. The van der Waals surface area contributed by atoms with Gasteiger partial charge in [0.1, 0.15) is 0 Å². The zero-order chi connectivity index (χ0) is 13.2. The van der Waals surface area contributed by atoms with Gasteiger partial charge in [0.15, 0.2) is 0 Å². The Labute approximate surface area is 121 Å². The highest BCUT2D eigenvalue weighted by Gasteiger charge is 2.31. The molecule has 1 aliphatic carbocycles. The van der Waals surface area contributed by atoms with Crippen molar-refractivity contribution in [3.63, 3.8) is 0 Å². The molecule has 0 spiro atoms. The molecular weight excluding hydrogens is 302 g/mol. The van der Waals surface area contributed by atoms with Crippen LogP contribution in [0.25, 0.3) is 0 Å². The first kappa shape index (κ1) is 12.8. The van der Waals surface area contributed by atoms with Gasteiger partial charge in [0.05, 0.1) is 6.04 Å². The Morgan fingerprint density at radius 1 is 1.32 bits per heavy atom. The fraction of sp³-hybridized carbons (Fsp3) is 0.267. The first-order chi connectivity index (χ1) is 9.29. The topological polar surface area (TPSA) is 50.9 Å². The van der Waals surface area contributed by atoms with Gasteiger partial charge in [0.2, 0.25) is 0 Å². The number of hydrogen-bond donors (Lipinski definition) is 2. The molecule has 0 fully saturated rings. The van der Waals surface area contributed by atoms with Crippen molar-refractivity contribution in [2.75, 3.05) is 0 Å². The Kier molecular flexibility index (Phi) is 3.64. The third-order valence-electron chi connectivity index (χ3n) is 3.79. The molecule has 1 aromatic heterocycles. The third kappa shape index (κ3) is 2.43. The van der Waals surface area contributed by atoms with Crippen molar-refractivity contribution in [1.82, 2.24) is 10.4 Å². The third-order valence-corrected chi connectivity index (χ3v) is 4.28. The molecule has 3 nitrogen and oxygen atoms in total. The number of rotatable bonds is 3. The van der Waals surface area contributed by atoms with Gasteiger partial charge in [0, 0.05) is 22.3 Å². The van der Waals surface area contributed by atoms with Crippen molar-refractivity contribution in [3.05, 3.63) is 63.9 Å². The SMILES string of the molecule is NNC(c1cccc(Br)c1)C1CCc2cccnc21. The molecule has 3 rings (SSSR count). The van der Waals surface area contributed by atoms with Crippen LogP contribution in [0.1, 0.15) is 35.2 Å². The summed E-state index contributed by atoms with van der Waals surface area (Å²) < 4.78 is 1.07. The lowest BCUT2D eigenvalue weighted by molar-refractivity contribution is 0.447. The molecule has 2 aromatic rings. The summed E-state index contributed by atoms with van der Waals surface area (Å²) in [5.74, 6) is 6.14. The van der Waals surface area contributed by atoms with E-state index in [2.05, 4.69) is 44.5 Å². The number of hydrazine groups is 1. The Hall–Kier alpha value is -1.23. The number of nitrogens with one attached hydrogen (secondary N) is 1. The van der Waals surface area contributed by atoms with Crippen LogP contribution in [-0.4, -0.2) is 4.98 Å². The molecule has 1 aromatic carbocycles. The maximum Gasteiger partial charge on any atom is 0.0544 e. The lowest BCUT2D eigenvalue weighted by Gasteiger charge is -2.23. The summed E-state index contributed by atoms with van der Waals surface area (Å²) >= 11 is 3.52. The van der Waals surface area contributed by atoms with Gasteiger partial charge >= 0.3 is 0 Å². The average Bonchev–Trinajstić information content (AvgIpc) is 2.84. The molecule has 0 amide bonds. The van der Waals surface area contributed by atoms with E-state index in [1.165, 1.54) is 16.8 Å². The van der Waals surface area contributed by atoms with Crippen LogP contribution in [-0.2, 0) is 6.42 Å². The number of hydrogen-bond acceptors (Lipinski definition) is 3. The van der Waals surface area contributed by atoms with E-state index in [0.717, 1.165) is 17.3 Å². The second kappa shape index (κ2) is 5.41. The van der Waals surface area contributed by atoms with Crippen LogP contribution in [0.4, 0.5) is 0 Å². The van der Waals surface area contributed by atoms with E-state index in [4.69, 9.17) is 5.84 Å². The van der Waals surface area contributed by atoms with E-state index in [1.54, 1.807) is 0 Å². The molecule has 2 atom stereocenters. The average molecular weight is 318 g/mol. The number of nitrogens with zero attached hydrogens (tertiary/aromatic N) is 1. The Balaban J connectivity index is 1.96. The predicted octanol–water partition coefficient (Wildman–Crippen LogP) is 3.08. The Morgan fingerprint density at radius 2 is 2.21 bits per heavy atom. The standard InChI is InChI=1S/C15H16BrN3/c16-12-5-1-3-11(9-12)15(19-17)13-7-6-10-4-2-8-18-14(10)13/h1-5,8-9,13,15,19H,6-7,17H2. The summed E-state index contributed by atoms with van der Waals surface area (Å²) in [6.45, 7) is 0. The minimum absolute atomic E-state index is 0.105. The van der Waals surface area contributed by atoms with Gasteiger partial charge in [-0.25, -0.2) is 0 Å². The first-order valence-electron chi connectivity index (χ1n) is 6.45. The molecule has 0 aliphatic heterocycles. The lowest BCUT2D eigenvalue weighted by atomic mass is 9.91. The number of aromatic nitrogens is 1. The van der Waals surface area contributed by atoms with Crippen LogP contribution < -0.4 is 11.3 Å². The van der Waals surface area contributed by atoms with Gasteiger partial charge in [-0.05, 0) is 42.2 Å². The van der Waals surface area contributed by atoms with E-state index in [-0.39, 0.29) is 6.04 Å². The van der Waals surface area contributed by atoms with Gasteiger partial charge in [-0.1, -0.05) is 34.1 Å². The van der Waals surface area contributed by atoms with Crippen molar-refractivity contribution in [1.29, 1.82) is 0 Å². The zero-order valence-corrected chi connectivity index (χ0v) is 12.1. The second-order valence-electron chi connectivity index (χ2n) is 4.89. The van der Waals surface area contributed by atoms with E-state index < -0.39 is 0 Å². The summed E-state index contributed by atoms with van der Waals surface area (Å²) in [5.41, 5.74) is 6.70. The predicted molar refractivity (Wildman–Crippen MR) is 79.5 cm³/mol. The van der Waals surface area contributed by atoms with Gasteiger partial charge in [-0.3, -0.25) is 16.3 Å². The van der Waals surface area contributed by atoms with Crippen LogP contribution in [0.5, 0.6) is 0 Å². The van der Waals surface area contributed by atoms with Crippen LogP contribution in [0.15, 0.2) is 47.1 Å². The summed E-state index contributed by atoms with van der Waals surface area (Å²) in [6.07, 6.45) is 4.04. The molecular formula is C15H16BrN3. The van der Waals surface area contributed by atoms with E-state index >= 15 is 0 Å². The molecule has 0 radical (unpaired) electrons. The van der Waals surface area contributed by atoms with Gasteiger partial charge < -0.3 is 0 Å². The first-order valence-corrected chi connectivity index (χ1v) is 7.24. The Morgan fingerprint density at radius 3 is 3.00 bits per heavy atom. The van der Waals surface area contributed by atoms with Crippen molar-refractivity contribution < 1.29 is 0 Å². The molecule has 98 valence electrons. The van der Waals surface area contributed by atoms with E-state index in [0.29, 0.717) is 5.92 Å². The minimum Gasteiger partial charge on any atom is -0.271 e. The van der Waals surface area contributed by atoms with Crippen molar-refractivity contribution in [3.8, 4) is 0 Å². The molecule has 0 saturated carbocycles. The highest BCUT2D eigenvalue weighted by Crippen LogP contribution is 2.40. The quantitative estimate of drug-likeness (QED) is 0.675. The number of aryl methyl sites for hydroxylation is 1. The summed E-state index contributed by atoms with van der Waals surface area (Å²) in [6, 6.07) is 12.6. The van der Waals surface area contributed by atoms with Crippen LogP contribution in [0, 0.1) is 0 Å². The van der Waals surface area contributed by atoms with Crippen molar-refractivity contribution in [2.24, 2.45) is 5.84 Å². The highest BCUT2D eigenvalue weighted by atomic mass is 79.9. The number of fused-ring (bicyclic) bond motifs is 1. The van der Waals surface area contributed by atoms with E-state index in [1.807, 2.05) is 24.4 Å². The zero-order valence-electron chi connectivity index (χ0n) is 10.5. The summed E-state index contributed by atoms with van der Waals surface area (Å²) in [4.78, 5) is 4.55. The van der Waals surface area contributed by atoms with Crippen molar-refractivity contribution >= 4 is 15.9 Å². The minimum atomic E-state index is 0.105. The molecule has 1 heterocycles. The number of benzene rings is 1. The molecule has 0 bridgehead atoms. The molecule has 2 unspecified atom stereocenters. The van der Waals surface area contributed by atoms with Crippen LogP contribution in [0.3, 0.4) is 0 Å². The molecule has 19 heavy (non-hydrogen) atoms. The molecule has 3 N–H and O–H groups in total. The van der Waals surface area contributed by atoms with Gasteiger partial charge in [-0.15, -0.1) is 0 Å². The summed E-state index contributed by atoms with van der Waals surface area (Å²) in [5, 5.41) is 0. The monoisotopic (exact) mass is 317 g/mol. The van der Waals surface area contributed by atoms with Gasteiger partial charge in [-0.2, -0.15) is 0 Å². The number of pyridine rings is 1. The molecule has 0 saturated heterocycles.